The normalized spacial score (nSPS) is 17.1. The smallest absolute Gasteiger partial charge is 0.273 e. The molecule has 0 unspecified atom stereocenters. The number of halogens is 1. The lowest BCUT2D eigenvalue weighted by molar-refractivity contribution is 0.613. The maximum absolute atomic E-state index is 13.8. The minimum atomic E-state index is -0.273. The molecule has 0 saturated carbocycles. The van der Waals surface area contributed by atoms with Crippen molar-refractivity contribution in [3.05, 3.63) is 51.2 Å². The highest BCUT2D eigenvalue weighted by Gasteiger charge is 2.27. The van der Waals surface area contributed by atoms with E-state index in [1.807, 2.05) is 6.07 Å². The predicted octanol–water partition coefficient (Wildman–Crippen LogP) is 2.04. The fourth-order valence-electron chi connectivity index (χ4n) is 2.72. The maximum atomic E-state index is 13.8. The van der Waals surface area contributed by atoms with Gasteiger partial charge in [0.2, 0.25) is 5.16 Å². The molecular weight excluding hydrogens is 305 g/mol. The molecule has 1 aliphatic rings. The second-order valence-corrected chi connectivity index (χ2v) is 6.38. The van der Waals surface area contributed by atoms with Gasteiger partial charge in [-0.3, -0.25) is 9.78 Å². The largest absolute Gasteiger partial charge is 0.288 e. The van der Waals surface area contributed by atoms with Gasteiger partial charge in [0.1, 0.15) is 11.5 Å². The molecule has 112 valence electrons. The van der Waals surface area contributed by atoms with Crippen LogP contribution >= 0.6 is 11.8 Å². The third-order valence-electron chi connectivity index (χ3n) is 3.82. The first-order valence-electron chi connectivity index (χ1n) is 6.90. The highest BCUT2D eigenvalue weighted by molar-refractivity contribution is 7.99. The van der Waals surface area contributed by atoms with Crippen molar-refractivity contribution in [2.24, 2.45) is 0 Å². The van der Waals surface area contributed by atoms with Gasteiger partial charge in [0.05, 0.1) is 0 Å². The van der Waals surface area contributed by atoms with Crippen LogP contribution in [0.3, 0.4) is 0 Å². The van der Waals surface area contributed by atoms with Crippen molar-refractivity contribution in [2.45, 2.75) is 30.2 Å². The van der Waals surface area contributed by atoms with Crippen LogP contribution in [0, 0.1) is 12.7 Å². The lowest BCUT2D eigenvalue weighted by atomic mass is 10.1. The molecule has 1 N–H and O–H groups in total. The van der Waals surface area contributed by atoms with Gasteiger partial charge in [0, 0.05) is 5.25 Å². The number of aromatic amines is 1. The quantitative estimate of drug-likeness (QED) is 0.783. The molecule has 6 nitrogen and oxygen atoms in total. The average Bonchev–Trinajstić information content (AvgIpc) is 3.07. The monoisotopic (exact) mass is 317 g/mol. The van der Waals surface area contributed by atoms with Gasteiger partial charge in [0.25, 0.3) is 11.3 Å². The molecule has 1 aromatic carbocycles. The zero-order chi connectivity index (χ0) is 15.3. The molecule has 2 heterocycles. The molecule has 0 radical (unpaired) electrons. The van der Waals surface area contributed by atoms with Crippen molar-refractivity contribution in [3.8, 4) is 0 Å². The minimum absolute atomic E-state index is 0.118. The topological polar surface area (TPSA) is 75.9 Å². The number of fused-ring (bicyclic) bond motifs is 2. The van der Waals surface area contributed by atoms with Crippen LogP contribution in [0.4, 0.5) is 4.39 Å². The van der Waals surface area contributed by atoms with Crippen LogP contribution in [-0.4, -0.2) is 24.8 Å². The summed E-state index contributed by atoms with van der Waals surface area (Å²) >= 11 is 1.49. The number of benzene rings is 1. The first kappa shape index (κ1) is 13.4. The van der Waals surface area contributed by atoms with Gasteiger partial charge in [-0.2, -0.15) is 9.61 Å². The lowest BCUT2D eigenvalue weighted by Crippen LogP contribution is -2.15. The zero-order valence-corrected chi connectivity index (χ0v) is 12.5. The van der Waals surface area contributed by atoms with E-state index in [-0.39, 0.29) is 16.6 Å². The molecule has 0 bridgehead atoms. The highest BCUT2D eigenvalue weighted by atomic mass is 32.2. The molecule has 0 saturated heterocycles. The Balaban J connectivity index is 1.73. The minimum Gasteiger partial charge on any atom is -0.288 e. The number of aryl methyl sites for hydroxylation is 1. The summed E-state index contributed by atoms with van der Waals surface area (Å²) in [5.74, 6) is 0.167. The summed E-state index contributed by atoms with van der Waals surface area (Å²) < 4.78 is 15.3. The fourth-order valence-corrected chi connectivity index (χ4v) is 3.87. The van der Waals surface area contributed by atoms with Crippen LogP contribution in [0.15, 0.2) is 28.2 Å². The fraction of sp³-hybridized carbons (Fsp3) is 0.286. The molecule has 3 aromatic rings. The first-order valence-corrected chi connectivity index (χ1v) is 7.78. The van der Waals surface area contributed by atoms with E-state index < -0.39 is 0 Å². The summed E-state index contributed by atoms with van der Waals surface area (Å²) in [7, 11) is 0. The summed E-state index contributed by atoms with van der Waals surface area (Å²) in [5, 5.41) is 12.9. The maximum Gasteiger partial charge on any atom is 0.273 e. The first-order chi connectivity index (χ1) is 10.6. The third kappa shape index (κ3) is 2.02. The predicted molar refractivity (Wildman–Crippen MR) is 79.5 cm³/mol. The van der Waals surface area contributed by atoms with E-state index in [1.165, 1.54) is 22.3 Å². The number of aromatic nitrogens is 5. The van der Waals surface area contributed by atoms with Crippen LogP contribution in [0.2, 0.25) is 0 Å². The third-order valence-corrected chi connectivity index (χ3v) is 5.06. The van der Waals surface area contributed by atoms with E-state index >= 15 is 0 Å². The Morgan fingerprint density at radius 1 is 1.41 bits per heavy atom. The Morgan fingerprint density at radius 2 is 2.27 bits per heavy atom. The van der Waals surface area contributed by atoms with Gasteiger partial charge in [0.15, 0.2) is 0 Å². The van der Waals surface area contributed by atoms with E-state index in [0.717, 1.165) is 24.0 Å². The van der Waals surface area contributed by atoms with Crippen LogP contribution in [0.5, 0.6) is 0 Å². The molecule has 4 rings (SSSR count). The Kier molecular flexibility index (Phi) is 3.00. The number of nitrogens with one attached hydrogen (secondary N) is 1. The number of nitrogens with zero attached hydrogens (tertiary/aromatic N) is 4. The second kappa shape index (κ2) is 4.91. The molecule has 1 aliphatic carbocycles. The average molecular weight is 317 g/mol. The summed E-state index contributed by atoms with van der Waals surface area (Å²) in [6, 6.07) is 5.18. The zero-order valence-electron chi connectivity index (χ0n) is 11.7. The van der Waals surface area contributed by atoms with Crippen molar-refractivity contribution < 1.29 is 4.39 Å². The number of rotatable bonds is 2. The lowest BCUT2D eigenvalue weighted by Gasteiger charge is -2.09. The van der Waals surface area contributed by atoms with Crippen molar-refractivity contribution in [1.82, 2.24) is 24.8 Å². The summed E-state index contributed by atoms with van der Waals surface area (Å²) in [5.41, 5.74) is 1.87. The Labute approximate surface area is 128 Å². The molecule has 22 heavy (non-hydrogen) atoms. The molecule has 1 atom stereocenters. The molecule has 0 fully saturated rings. The molecular formula is C14H12FN5OS. The van der Waals surface area contributed by atoms with Crippen molar-refractivity contribution >= 4 is 17.5 Å². The van der Waals surface area contributed by atoms with E-state index in [0.29, 0.717) is 16.6 Å². The number of H-pyrrole nitrogens is 1. The van der Waals surface area contributed by atoms with E-state index in [1.54, 1.807) is 13.0 Å². The summed E-state index contributed by atoms with van der Waals surface area (Å²) in [6.07, 6.45) is 1.57. The van der Waals surface area contributed by atoms with Gasteiger partial charge in [-0.25, -0.2) is 4.39 Å². The Morgan fingerprint density at radius 3 is 3.14 bits per heavy atom. The summed E-state index contributed by atoms with van der Waals surface area (Å²) in [6.45, 7) is 1.63. The number of thioether (sulfide) groups is 1. The van der Waals surface area contributed by atoms with E-state index in [4.69, 9.17) is 0 Å². The molecule has 0 spiro atoms. The van der Waals surface area contributed by atoms with Gasteiger partial charge in [-0.05, 0) is 37.0 Å². The van der Waals surface area contributed by atoms with Gasteiger partial charge >= 0.3 is 0 Å². The van der Waals surface area contributed by atoms with Crippen LogP contribution in [0.1, 0.15) is 28.5 Å². The molecule has 0 aliphatic heterocycles. The standard InChI is InChI=1S/C14H12FN5OS/c1-7-12(21)16-13-17-18-14(20(13)19-7)22-11-6-5-8-9(11)3-2-4-10(8)15/h2-4,11H,5-6H2,1H3,(H,16,17,21)/t11-/m0/s1. The van der Waals surface area contributed by atoms with Gasteiger partial charge in [-0.15, -0.1) is 10.2 Å². The number of hydrogen-bond donors (Lipinski definition) is 1. The van der Waals surface area contributed by atoms with E-state index in [9.17, 15) is 9.18 Å². The number of hydrogen-bond acceptors (Lipinski definition) is 5. The van der Waals surface area contributed by atoms with Gasteiger partial charge < -0.3 is 0 Å². The van der Waals surface area contributed by atoms with Crippen LogP contribution < -0.4 is 5.56 Å². The van der Waals surface area contributed by atoms with E-state index in [2.05, 4.69) is 20.3 Å². The molecule has 2 aromatic heterocycles. The van der Waals surface area contributed by atoms with Crippen molar-refractivity contribution in [3.63, 3.8) is 0 Å². The summed E-state index contributed by atoms with van der Waals surface area (Å²) in [4.78, 5) is 14.2. The second-order valence-electron chi connectivity index (χ2n) is 5.21. The van der Waals surface area contributed by atoms with Crippen molar-refractivity contribution in [2.75, 3.05) is 0 Å². The van der Waals surface area contributed by atoms with Crippen LogP contribution in [0.25, 0.3) is 5.78 Å². The van der Waals surface area contributed by atoms with Crippen molar-refractivity contribution in [1.29, 1.82) is 0 Å². The van der Waals surface area contributed by atoms with Gasteiger partial charge in [-0.1, -0.05) is 23.9 Å². The van der Waals surface area contributed by atoms with Crippen LogP contribution in [-0.2, 0) is 6.42 Å². The SMILES string of the molecule is Cc1nn2c(S[C@H]3CCc4c(F)cccc43)nnc2[nH]c1=O. The highest BCUT2D eigenvalue weighted by Crippen LogP contribution is 2.44. The Hall–Kier alpha value is -2.22. The Bertz CT molecular complexity index is 935. The molecule has 8 heteroatoms. The molecule has 0 amide bonds.